The van der Waals surface area contributed by atoms with Crippen LogP contribution in [0.2, 0.25) is 0 Å². The third kappa shape index (κ3) is 3.56. The summed E-state index contributed by atoms with van der Waals surface area (Å²) in [7, 11) is 2.10. The number of nitrogens with one attached hydrogen (secondary N) is 1. The molecule has 1 saturated heterocycles. The maximum atomic E-state index is 11.9. The number of anilines is 1. The van der Waals surface area contributed by atoms with Gasteiger partial charge in [0.25, 0.3) is 5.91 Å². The van der Waals surface area contributed by atoms with Crippen LogP contribution in [0.25, 0.3) is 5.65 Å². The van der Waals surface area contributed by atoms with E-state index in [1.165, 1.54) is 0 Å². The van der Waals surface area contributed by atoms with Crippen molar-refractivity contribution in [2.24, 2.45) is 0 Å². The average Bonchev–Trinajstić information content (AvgIpc) is 2.88. The Hall–Kier alpha value is -1.99. The molecule has 1 fully saturated rings. The molecular formula is C14H19N5O2. The van der Waals surface area contributed by atoms with Crippen molar-refractivity contribution in [3.8, 4) is 0 Å². The first kappa shape index (κ1) is 14.0. The highest BCUT2D eigenvalue weighted by Crippen LogP contribution is 2.12. The SMILES string of the molecule is CN1CCC(OCC(=O)Nc2nc3ccccn3n2)CC1. The molecule has 3 heterocycles. The van der Waals surface area contributed by atoms with Crippen molar-refractivity contribution in [3.63, 3.8) is 0 Å². The predicted molar refractivity (Wildman–Crippen MR) is 78.1 cm³/mol. The second-order valence-electron chi connectivity index (χ2n) is 5.30. The minimum Gasteiger partial charge on any atom is -0.368 e. The van der Waals surface area contributed by atoms with E-state index in [1.807, 2.05) is 18.2 Å². The molecule has 21 heavy (non-hydrogen) atoms. The van der Waals surface area contributed by atoms with Crippen LogP contribution in [-0.4, -0.2) is 58.3 Å². The Morgan fingerprint density at radius 1 is 1.43 bits per heavy atom. The summed E-state index contributed by atoms with van der Waals surface area (Å²) in [5.74, 6) is 0.0861. The number of piperidine rings is 1. The fourth-order valence-electron chi connectivity index (χ4n) is 2.39. The summed E-state index contributed by atoms with van der Waals surface area (Å²) in [6, 6.07) is 5.56. The fraction of sp³-hybridized carbons (Fsp3) is 0.500. The lowest BCUT2D eigenvalue weighted by Crippen LogP contribution is -2.35. The summed E-state index contributed by atoms with van der Waals surface area (Å²) >= 11 is 0. The van der Waals surface area contributed by atoms with Gasteiger partial charge in [0.1, 0.15) is 6.61 Å². The van der Waals surface area contributed by atoms with Crippen LogP contribution < -0.4 is 5.32 Å². The number of rotatable bonds is 4. The number of carbonyl (C=O) groups is 1. The van der Waals surface area contributed by atoms with Gasteiger partial charge in [-0.15, -0.1) is 5.10 Å². The average molecular weight is 289 g/mol. The second kappa shape index (κ2) is 6.19. The zero-order chi connectivity index (χ0) is 14.7. The summed E-state index contributed by atoms with van der Waals surface area (Å²) in [4.78, 5) is 18.3. The highest BCUT2D eigenvalue weighted by atomic mass is 16.5. The van der Waals surface area contributed by atoms with Gasteiger partial charge in [-0.1, -0.05) is 6.07 Å². The van der Waals surface area contributed by atoms with Crippen LogP contribution in [0.15, 0.2) is 24.4 Å². The van der Waals surface area contributed by atoms with Crippen molar-refractivity contribution in [1.29, 1.82) is 0 Å². The normalized spacial score (nSPS) is 17.2. The van der Waals surface area contributed by atoms with Gasteiger partial charge in [0.15, 0.2) is 5.65 Å². The number of aromatic nitrogens is 3. The molecule has 7 nitrogen and oxygen atoms in total. The van der Waals surface area contributed by atoms with E-state index in [-0.39, 0.29) is 18.6 Å². The van der Waals surface area contributed by atoms with Gasteiger partial charge in [-0.3, -0.25) is 10.1 Å². The molecule has 1 N–H and O–H groups in total. The molecule has 112 valence electrons. The van der Waals surface area contributed by atoms with Gasteiger partial charge in [-0.05, 0) is 32.0 Å². The van der Waals surface area contributed by atoms with Crippen LogP contribution in [0.4, 0.5) is 5.95 Å². The summed E-state index contributed by atoms with van der Waals surface area (Å²) in [5.41, 5.74) is 0.698. The minimum absolute atomic E-state index is 0.0456. The van der Waals surface area contributed by atoms with Gasteiger partial charge < -0.3 is 9.64 Å². The van der Waals surface area contributed by atoms with Crippen molar-refractivity contribution >= 4 is 17.5 Å². The largest absolute Gasteiger partial charge is 0.368 e. The number of likely N-dealkylation sites (tertiary alicyclic amines) is 1. The highest BCUT2D eigenvalue weighted by molar-refractivity contribution is 5.90. The third-order valence-electron chi connectivity index (χ3n) is 3.61. The van der Waals surface area contributed by atoms with E-state index in [0.29, 0.717) is 11.6 Å². The lowest BCUT2D eigenvalue weighted by Gasteiger charge is -2.28. The zero-order valence-corrected chi connectivity index (χ0v) is 12.0. The topological polar surface area (TPSA) is 71.8 Å². The van der Waals surface area contributed by atoms with Crippen molar-refractivity contribution in [2.45, 2.75) is 18.9 Å². The highest BCUT2D eigenvalue weighted by Gasteiger charge is 2.18. The van der Waals surface area contributed by atoms with Crippen molar-refractivity contribution in [2.75, 3.05) is 32.1 Å². The smallest absolute Gasteiger partial charge is 0.252 e. The standard InChI is InChI=1S/C14H19N5O2/c1-18-8-5-11(6-9-18)21-10-13(20)16-14-15-12-4-2-3-7-19(12)17-14/h2-4,7,11H,5-6,8-10H2,1H3,(H,16,17,20). The lowest BCUT2D eigenvalue weighted by atomic mass is 10.1. The molecule has 0 unspecified atom stereocenters. The molecule has 2 aromatic heterocycles. The number of nitrogens with zero attached hydrogens (tertiary/aromatic N) is 4. The van der Waals surface area contributed by atoms with Crippen LogP contribution in [0.5, 0.6) is 0 Å². The number of pyridine rings is 1. The molecule has 0 atom stereocenters. The van der Waals surface area contributed by atoms with Crippen molar-refractivity contribution in [3.05, 3.63) is 24.4 Å². The summed E-state index contributed by atoms with van der Waals surface area (Å²) < 4.78 is 7.26. The van der Waals surface area contributed by atoms with Crippen LogP contribution in [0.1, 0.15) is 12.8 Å². The first-order valence-corrected chi connectivity index (χ1v) is 7.12. The molecule has 0 aromatic carbocycles. The second-order valence-corrected chi connectivity index (χ2v) is 5.30. The van der Waals surface area contributed by atoms with Crippen molar-refractivity contribution < 1.29 is 9.53 Å². The molecule has 0 radical (unpaired) electrons. The molecular weight excluding hydrogens is 270 g/mol. The lowest BCUT2D eigenvalue weighted by molar-refractivity contribution is -0.123. The molecule has 0 spiro atoms. The monoisotopic (exact) mass is 289 g/mol. The van der Waals surface area contributed by atoms with E-state index >= 15 is 0 Å². The number of ether oxygens (including phenoxy) is 1. The molecule has 2 aromatic rings. The van der Waals surface area contributed by atoms with Gasteiger partial charge in [-0.25, -0.2) is 4.52 Å². The maximum Gasteiger partial charge on any atom is 0.252 e. The minimum atomic E-state index is -0.218. The van der Waals surface area contributed by atoms with E-state index in [9.17, 15) is 4.79 Å². The van der Waals surface area contributed by atoms with Crippen LogP contribution >= 0.6 is 0 Å². The Labute approximate surface area is 122 Å². The van der Waals surface area contributed by atoms with Crippen LogP contribution in [0.3, 0.4) is 0 Å². The molecule has 0 aliphatic carbocycles. The molecule has 1 aliphatic rings. The first-order chi connectivity index (χ1) is 10.2. The van der Waals surface area contributed by atoms with Gasteiger partial charge in [0.05, 0.1) is 6.10 Å². The van der Waals surface area contributed by atoms with E-state index in [1.54, 1.807) is 10.7 Å². The Kier molecular flexibility index (Phi) is 4.12. The molecule has 0 bridgehead atoms. The fourth-order valence-corrected chi connectivity index (χ4v) is 2.39. The summed E-state index contributed by atoms with van der Waals surface area (Å²) in [5, 5.41) is 6.83. The molecule has 7 heteroatoms. The molecule has 3 rings (SSSR count). The Bertz CT molecular complexity index is 586. The van der Waals surface area contributed by atoms with Crippen molar-refractivity contribution in [1.82, 2.24) is 19.5 Å². The van der Waals surface area contributed by atoms with E-state index in [0.717, 1.165) is 25.9 Å². The van der Waals surface area contributed by atoms with Crippen LogP contribution in [-0.2, 0) is 9.53 Å². The number of hydrogen-bond donors (Lipinski definition) is 1. The summed E-state index contributed by atoms with van der Waals surface area (Å²) in [6.45, 7) is 2.07. The van der Waals surface area contributed by atoms with Gasteiger partial charge in [0, 0.05) is 19.3 Å². The zero-order valence-electron chi connectivity index (χ0n) is 12.0. The quantitative estimate of drug-likeness (QED) is 0.900. The van der Waals surface area contributed by atoms with Crippen LogP contribution in [0, 0.1) is 0 Å². The summed E-state index contributed by atoms with van der Waals surface area (Å²) in [6.07, 6.45) is 3.89. The van der Waals surface area contributed by atoms with Gasteiger partial charge >= 0.3 is 0 Å². The number of hydrogen-bond acceptors (Lipinski definition) is 5. The Balaban J connectivity index is 1.49. The van der Waals surface area contributed by atoms with Gasteiger partial charge in [-0.2, -0.15) is 4.98 Å². The Morgan fingerprint density at radius 3 is 3.00 bits per heavy atom. The molecule has 1 amide bonds. The Morgan fingerprint density at radius 2 is 2.24 bits per heavy atom. The first-order valence-electron chi connectivity index (χ1n) is 7.12. The number of carbonyl (C=O) groups excluding carboxylic acids is 1. The molecule has 1 aliphatic heterocycles. The number of amides is 1. The predicted octanol–water partition coefficient (Wildman–Crippen LogP) is 0.779. The van der Waals surface area contributed by atoms with Gasteiger partial charge in [0.2, 0.25) is 5.95 Å². The van der Waals surface area contributed by atoms with E-state index in [4.69, 9.17) is 4.74 Å². The molecule has 0 saturated carbocycles. The van der Waals surface area contributed by atoms with E-state index < -0.39 is 0 Å². The van der Waals surface area contributed by atoms with E-state index in [2.05, 4.69) is 27.3 Å². The maximum absolute atomic E-state index is 11.9. The third-order valence-corrected chi connectivity index (χ3v) is 3.61. The number of fused-ring (bicyclic) bond motifs is 1.